The molecule has 0 bridgehead atoms. The molecule has 25 heavy (non-hydrogen) atoms. The van der Waals surface area contributed by atoms with Gasteiger partial charge in [-0.3, -0.25) is 0 Å². The van der Waals surface area contributed by atoms with E-state index < -0.39 is 14.8 Å². The zero-order valence-corrected chi connectivity index (χ0v) is 17.8. The maximum atomic E-state index is 11.3. The quantitative estimate of drug-likeness (QED) is 0.229. The minimum atomic E-state index is -2.99. The van der Waals surface area contributed by atoms with Crippen LogP contribution in [0.25, 0.3) is 0 Å². The molecule has 0 saturated carbocycles. The van der Waals surface area contributed by atoms with Gasteiger partial charge in [-0.25, -0.2) is 4.79 Å². The predicted octanol–water partition coefficient (Wildman–Crippen LogP) is 5.19. The van der Waals surface area contributed by atoms with Gasteiger partial charge in [-0.05, 0) is 32.6 Å². The van der Waals surface area contributed by atoms with E-state index in [0.717, 1.165) is 44.9 Å². The lowest BCUT2D eigenvalue weighted by Crippen LogP contribution is -2.50. The average Bonchev–Trinajstić information content (AvgIpc) is 2.59. The lowest BCUT2D eigenvalue weighted by Gasteiger charge is -2.34. The molecule has 6 heteroatoms. The van der Waals surface area contributed by atoms with Crippen LogP contribution in [0.15, 0.2) is 11.6 Å². The first-order valence-electron chi connectivity index (χ1n) is 9.80. The van der Waals surface area contributed by atoms with Crippen molar-refractivity contribution >= 4 is 14.8 Å². The molecular formula is C19H38O5Si. The largest absolute Gasteiger partial charge is 0.508 e. The van der Waals surface area contributed by atoms with Crippen LogP contribution in [0.1, 0.15) is 79.6 Å². The van der Waals surface area contributed by atoms with Gasteiger partial charge in [0.15, 0.2) is 0 Å². The average molecular weight is 375 g/mol. The van der Waals surface area contributed by atoms with E-state index in [1.807, 2.05) is 6.92 Å². The Morgan fingerprint density at radius 3 is 1.60 bits per heavy atom. The van der Waals surface area contributed by atoms with Crippen molar-refractivity contribution < 1.29 is 23.2 Å². The smallest absolute Gasteiger partial charge is 0.478 e. The van der Waals surface area contributed by atoms with Crippen molar-refractivity contribution in [1.82, 2.24) is 0 Å². The minimum absolute atomic E-state index is 0.130. The zero-order valence-electron chi connectivity index (χ0n) is 16.8. The van der Waals surface area contributed by atoms with Gasteiger partial charge in [0.25, 0.3) is 0 Å². The van der Waals surface area contributed by atoms with Crippen LogP contribution in [-0.4, -0.2) is 39.7 Å². The summed E-state index contributed by atoms with van der Waals surface area (Å²) in [6, 6.07) is 0. The molecule has 0 aliphatic heterocycles. The molecule has 0 aromatic heterocycles. The maximum Gasteiger partial charge on any atom is 0.508 e. The molecule has 0 aliphatic rings. The van der Waals surface area contributed by atoms with E-state index >= 15 is 0 Å². The first kappa shape index (κ1) is 24.3. The highest BCUT2D eigenvalue weighted by Crippen LogP contribution is 2.32. The Morgan fingerprint density at radius 2 is 1.32 bits per heavy atom. The molecule has 0 aliphatic carbocycles. The summed E-state index contributed by atoms with van der Waals surface area (Å²) < 4.78 is 18.8. The van der Waals surface area contributed by atoms with E-state index in [9.17, 15) is 9.90 Å². The van der Waals surface area contributed by atoms with Crippen LogP contribution in [-0.2, 0) is 18.1 Å². The van der Waals surface area contributed by atoms with Crippen molar-refractivity contribution in [2.75, 3.05) is 19.8 Å². The molecule has 0 spiro atoms. The highest BCUT2D eigenvalue weighted by atomic mass is 28.4. The Morgan fingerprint density at radius 1 is 0.920 bits per heavy atom. The van der Waals surface area contributed by atoms with Gasteiger partial charge >= 0.3 is 14.8 Å². The molecule has 0 radical (unpaired) electrons. The normalized spacial score (nSPS) is 13.9. The fourth-order valence-corrected chi connectivity index (χ4v) is 5.50. The Hall–Kier alpha value is -0.693. The molecule has 0 amide bonds. The fourth-order valence-electron chi connectivity index (χ4n) is 2.37. The Kier molecular flexibility index (Phi) is 14.1. The third-order valence-electron chi connectivity index (χ3n) is 4.09. The van der Waals surface area contributed by atoms with Crippen LogP contribution in [0.3, 0.4) is 0 Å². The summed E-state index contributed by atoms with van der Waals surface area (Å²) in [5, 5.41) is 9.26. The summed E-state index contributed by atoms with van der Waals surface area (Å²) in [5.74, 6) is -0.906. The number of aliphatic carboxylic acids is 1. The molecule has 0 aromatic rings. The van der Waals surface area contributed by atoms with E-state index in [4.69, 9.17) is 13.3 Å². The van der Waals surface area contributed by atoms with E-state index in [1.54, 1.807) is 13.0 Å². The van der Waals surface area contributed by atoms with Crippen LogP contribution in [0.4, 0.5) is 0 Å². The second-order valence-corrected chi connectivity index (χ2v) is 9.19. The molecule has 1 unspecified atom stereocenters. The van der Waals surface area contributed by atoms with Gasteiger partial charge in [-0.1, -0.05) is 53.0 Å². The third-order valence-corrected chi connectivity index (χ3v) is 7.39. The molecule has 5 nitrogen and oxygen atoms in total. The van der Waals surface area contributed by atoms with Gasteiger partial charge in [0, 0.05) is 30.9 Å². The van der Waals surface area contributed by atoms with Crippen molar-refractivity contribution in [2.24, 2.45) is 0 Å². The SMILES string of the molecule is CCCCO[Si](OCCCC)(OCCCC)C(C=C(C)C(=O)O)CC. The lowest BCUT2D eigenvalue weighted by molar-refractivity contribution is -0.132. The topological polar surface area (TPSA) is 65.0 Å². The molecule has 148 valence electrons. The summed E-state index contributed by atoms with van der Waals surface area (Å²) in [4.78, 5) is 11.3. The van der Waals surface area contributed by atoms with Gasteiger partial charge in [0.1, 0.15) is 0 Å². The van der Waals surface area contributed by atoms with Gasteiger partial charge in [-0.15, -0.1) is 0 Å². The molecular weight excluding hydrogens is 336 g/mol. The Balaban J connectivity index is 5.52. The van der Waals surface area contributed by atoms with Gasteiger partial charge in [0.2, 0.25) is 0 Å². The third kappa shape index (κ3) is 9.54. The highest BCUT2D eigenvalue weighted by molar-refractivity contribution is 6.63. The Bertz CT molecular complexity index is 357. The number of carboxylic acids is 1. The zero-order chi connectivity index (χ0) is 19.1. The second-order valence-electron chi connectivity index (χ2n) is 6.38. The monoisotopic (exact) mass is 374 g/mol. The van der Waals surface area contributed by atoms with E-state index in [-0.39, 0.29) is 5.54 Å². The van der Waals surface area contributed by atoms with Gasteiger partial charge in [-0.2, -0.15) is 0 Å². The number of rotatable bonds is 16. The summed E-state index contributed by atoms with van der Waals surface area (Å²) in [6.07, 6.45) is 8.46. The van der Waals surface area contributed by atoms with Crippen LogP contribution >= 0.6 is 0 Å². The van der Waals surface area contributed by atoms with Crippen molar-refractivity contribution in [2.45, 2.75) is 85.1 Å². The van der Waals surface area contributed by atoms with E-state index in [1.165, 1.54) is 0 Å². The molecule has 0 fully saturated rings. The number of unbranched alkanes of at least 4 members (excludes halogenated alkanes) is 3. The van der Waals surface area contributed by atoms with Gasteiger partial charge < -0.3 is 18.4 Å². The summed E-state index contributed by atoms with van der Waals surface area (Å²) in [6.45, 7) is 11.8. The molecule has 0 saturated heterocycles. The van der Waals surface area contributed by atoms with Crippen LogP contribution in [0.5, 0.6) is 0 Å². The van der Waals surface area contributed by atoms with E-state index in [2.05, 4.69) is 20.8 Å². The second kappa shape index (κ2) is 14.5. The standard InChI is InChI=1S/C19H38O5Si/c1-6-10-13-22-25(23-14-11-7-2,24-15-12-8-3)18(9-4)16-17(5)19(20)21/h16,18H,6-15H2,1-5H3,(H,20,21). The number of carbonyl (C=O) groups is 1. The predicted molar refractivity (Wildman–Crippen MR) is 104 cm³/mol. The van der Waals surface area contributed by atoms with Crippen molar-refractivity contribution in [3.05, 3.63) is 11.6 Å². The highest BCUT2D eigenvalue weighted by Gasteiger charge is 2.48. The number of hydrogen-bond donors (Lipinski definition) is 1. The van der Waals surface area contributed by atoms with Crippen molar-refractivity contribution in [3.8, 4) is 0 Å². The minimum Gasteiger partial charge on any atom is -0.478 e. The number of carboxylic acid groups (broad SMARTS) is 1. The molecule has 0 rings (SSSR count). The number of allylic oxidation sites excluding steroid dienone is 1. The lowest BCUT2D eigenvalue weighted by atomic mass is 10.2. The van der Waals surface area contributed by atoms with Crippen molar-refractivity contribution in [3.63, 3.8) is 0 Å². The first-order valence-corrected chi connectivity index (χ1v) is 11.6. The first-order chi connectivity index (χ1) is 12.0. The summed E-state index contributed by atoms with van der Waals surface area (Å²) in [7, 11) is -2.99. The molecule has 0 aromatic carbocycles. The van der Waals surface area contributed by atoms with Crippen LogP contribution < -0.4 is 0 Å². The summed E-state index contributed by atoms with van der Waals surface area (Å²) >= 11 is 0. The van der Waals surface area contributed by atoms with Gasteiger partial charge in [0.05, 0.1) is 0 Å². The molecule has 1 atom stereocenters. The summed E-state index contributed by atoms with van der Waals surface area (Å²) in [5.41, 5.74) is 0.190. The van der Waals surface area contributed by atoms with Crippen LogP contribution in [0.2, 0.25) is 5.54 Å². The molecule has 1 N–H and O–H groups in total. The van der Waals surface area contributed by atoms with E-state index in [0.29, 0.717) is 25.4 Å². The van der Waals surface area contributed by atoms with Crippen LogP contribution in [0, 0.1) is 0 Å². The fraction of sp³-hybridized carbons (Fsp3) is 0.842. The van der Waals surface area contributed by atoms with Crippen molar-refractivity contribution in [1.29, 1.82) is 0 Å². The number of hydrogen-bond acceptors (Lipinski definition) is 4. The molecule has 0 heterocycles. The maximum absolute atomic E-state index is 11.3. The Labute approximate surface area is 155 Å².